The van der Waals surface area contributed by atoms with Gasteiger partial charge in [-0.2, -0.15) is 0 Å². The highest BCUT2D eigenvalue weighted by molar-refractivity contribution is 6.06. The highest BCUT2D eigenvalue weighted by atomic mass is 16.4. The third-order valence-corrected chi connectivity index (χ3v) is 9.69. The van der Waals surface area contributed by atoms with Gasteiger partial charge in [-0.15, -0.1) is 0 Å². The zero-order valence-corrected chi connectivity index (χ0v) is 28.8. The molecule has 0 fully saturated rings. The first-order chi connectivity index (χ1) is 23.5. The highest BCUT2D eigenvalue weighted by Gasteiger charge is 2.21. The van der Waals surface area contributed by atoms with Crippen molar-refractivity contribution in [1.82, 2.24) is 15.3 Å². The molecule has 0 spiro atoms. The van der Waals surface area contributed by atoms with E-state index in [0.29, 0.717) is 17.7 Å². The first-order valence-electron chi connectivity index (χ1n) is 16.7. The van der Waals surface area contributed by atoms with Crippen molar-refractivity contribution >= 4 is 45.5 Å². The third kappa shape index (κ3) is 6.59. The minimum absolute atomic E-state index is 0.0779. The Morgan fingerprint density at radius 2 is 1.16 bits per heavy atom. The zero-order chi connectivity index (χ0) is 34.3. The normalized spacial score (nSPS) is 15.2. The van der Waals surface area contributed by atoms with E-state index in [1.807, 2.05) is 60.7 Å². The summed E-state index contributed by atoms with van der Waals surface area (Å²) in [7, 11) is 0. The largest absolute Gasteiger partial charge is 0.436 e. The SMILES string of the molecule is CCC(C)(C)c1ccc2oc(-c3ccc(NC4=NC(Nc5ccc(-c6nc7cc(C(C)(C)CC)ccc7o6)cc5)N=C(N)N4)cc3)nc2c1. The molecule has 49 heavy (non-hydrogen) atoms. The number of oxazole rings is 2. The van der Waals surface area contributed by atoms with Gasteiger partial charge in [0.05, 0.1) is 0 Å². The summed E-state index contributed by atoms with van der Waals surface area (Å²) in [6.45, 7) is 13.4. The number of guanidine groups is 2. The van der Waals surface area contributed by atoms with Crippen LogP contribution in [-0.2, 0) is 10.8 Å². The van der Waals surface area contributed by atoms with Gasteiger partial charge in [0.1, 0.15) is 11.0 Å². The molecule has 250 valence electrons. The van der Waals surface area contributed by atoms with Gasteiger partial charge >= 0.3 is 0 Å². The number of anilines is 2. The van der Waals surface area contributed by atoms with Crippen LogP contribution in [0.15, 0.2) is 104 Å². The van der Waals surface area contributed by atoms with Gasteiger partial charge in [-0.1, -0.05) is 53.7 Å². The summed E-state index contributed by atoms with van der Waals surface area (Å²) >= 11 is 0. The van der Waals surface area contributed by atoms with Crippen LogP contribution in [0.1, 0.15) is 65.5 Å². The number of rotatable bonds is 9. The van der Waals surface area contributed by atoms with Gasteiger partial charge in [0.25, 0.3) is 0 Å². The predicted octanol–water partition coefficient (Wildman–Crippen LogP) is 8.76. The number of nitrogens with one attached hydrogen (secondary N) is 3. The number of aliphatic imine (C=N–C) groups is 2. The Bertz CT molecular complexity index is 2190. The van der Waals surface area contributed by atoms with Crippen molar-refractivity contribution in [2.75, 3.05) is 10.6 Å². The summed E-state index contributed by atoms with van der Waals surface area (Å²) in [4.78, 5) is 18.6. The van der Waals surface area contributed by atoms with E-state index in [2.05, 4.69) is 91.7 Å². The van der Waals surface area contributed by atoms with E-state index in [4.69, 9.17) is 24.5 Å². The number of nitrogens with two attached hydrogens (primary N) is 1. The van der Waals surface area contributed by atoms with E-state index in [1.54, 1.807) is 0 Å². The van der Waals surface area contributed by atoms with Gasteiger partial charge in [-0.3, -0.25) is 5.32 Å². The number of fused-ring (bicyclic) bond motifs is 2. The minimum Gasteiger partial charge on any atom is -0.436 e. The second-order valence-electron chi connectivity index (χ2n) is 13.8. The highest BCUT2D eigenvalue weighted by Crippen LogP contribution is 2.33. The van der Waals surface area contributed by atoms with Crippen molar-refractivity contribution in [2.45, 2.75) is 71.5 Å². The molecule has 3 heterocycles. The third-order valence-electron chi connectivity index (χ3n) is 9.69. The van der Waals surface area contributed by atoms with Crippen LogP contribution in [0.3, 0.4) is 0 Å². The molecule has 7 rings (SSSR count). The molecule has 0 saturated heterocycles. The van der Waals surface area contributed by atoms with Crippen LogP contribution < -0.4 is 21.7 Å². The lowest BCUT2D eigenvalue weighted by Gasteiger charge is -2.22. The fraction of sp³-hybridized carbons (Fsp3) is 0.282. The molecule has 1 atom stereocenters. The molecule has 5 N–H and O–H groups in total. The Morgan fingerprint density at radius 1 is 0.673 bits per heavy atom. The Hall–Kier alpha value is -5.64. The Kier molecular flexibility index (Phi) is 8.10. The number of nitrogens with zero attached hydrogens (tertiary/aromatic N) is 4. The summed E-state index contributed by atoms with van der Waals surface area (Å²) in [5.41, 5.74) is 15.4. The Labute approximate surface area is 286 Å². The number of hydrogen-bond acceptors (Lipinski definition) is 10. The van der Waals surface area contributed by atoms with Gasteiger partial charge in [-0.05, 0) is 108 Å². The molecular formula is C39H42N8O2. The molecule has 10 nitrogen and oxygen atoms in total. The molecule has 1 aliphatic heterocycles. The van der Waals surface area contributed by atoms with Gasteiger partial charge in [0, 0.05) is 22.5 Å². The molecule has 0 radical (unpaired) electrons. The van der Waals surface area contributed by atoms with Gasteiger partial charge in [-0.25, -0.2) is 20.0 Å². The lowest BCUT2D eigenvalue weighted by Crippen LogP contribution is -2.46. The van der Waals surface area contributed by atoms with E-state index in [-0.39, 0.29) is 16.8 Å². The summed E-state index contributed by atoms with van der Waals surface area (Å²) in [6, 6.07) is 28.1. The topological polar surface area (TPSA) is 139 Å². The maximum Gasteiger partial charge on any atom is 0.227 e. The van der Waals surface area contributed by atoms with E-state index < -0.39 is 6.29 Å². The summed E-state index contributed by atoms with van der Waals surface area (Å²) in [6.07, 6.45) is 1.46. The van der Waals surface area contributed by atoms with Crippen LogP contribution >= 0.6 is 0 Å². The quantitative estimate of drug-likeness (QED) is 0.121. The van der Waals surface area contributed by atoms with Crippen LogP contribution in [0, 0.1) is 0 Å². The van der Waals surface area contributed by atoms with E-state index in [9.17, 15) is 0 Å². The maximum absolute atomic E-state index is 6.13. The fourth-order valence-corrected chi connectivity index (χ4v) is 5.64. The molecule has 1 unspecified atom stereocenters. The van der Waals surface area contributed by atoms with Gasteiger partial charge < -0.3 is 25.2 Å². The number of benzene rings is 4. The first kappa shape index (κ1) is 31.9. The molecule has 0 aliphatic carbocycles. The van der Waals surface area contributed by atoms with Crippen LogP contribution in [0.5, 0.6) is 0 Å². The van der Waals surface area contributed by atoms with Crippen molar-refractivity contribution in [3.63, 3.8) is 0 Å². The average Bonchev–Trinajstić information content (AvgIpc) is 3.73. The van der Waals surface area contributed by atoms with Crippen molar-refractivity contribution < 1.29 is 8.83 Å². The zero-order valence-electron chi connectivity index (χ0n) is 28.8. The van der Waals surface area contributed by atoms with Crippen molar-refractivity contribution in [3.8, 4) is 22.9 Å². The van der Waals surface area contributed by atoms with Crippen LogP contribution in [0.2, 0.25) is 0 Å². The van der Waals surface area contributed by atoms with E-state index in [1.165, 1.54) is 11.1 Å². The van der Waals surface area contributed by atoms with Crippen molar-refractivity contribution in [2.24, 2.45) is 15.7 Å². The molecule has 1 aliphatic rings. The number of hydrogen-bond donors (Lipinski definition) is 4. The fourth-order valence-electron chi connectivity index (χ4n) is 5.64. The molecule has 6 aromatic rings. The second kappa shape index (κ2) is 12.4. The van der Waals surface area contributed by atoms with E-state index >= 15 is 0 Å². The lowest BCUT2D eigenvalue weighted by molar-refractivity contribution is 0.506. The molecule has 2 aromatic heterocycles. The van der Waals surface area contributed by atoms with E-state index in [0.717, 1.165) is 57.5 Å². The molecule has 0 bridgehead atoms. The number of aromatic nitrogens is 2. The van der Waals surface area contributed by atoms with Crippen molar-refractivity contribution in [3.05, 3.63) is 96.1 Å². The lowest BCUT2D eigenvalue weighted by atomic mass is 9.82. The summed E-state index contributed by atoms with van der Waals surface area (Å²) in [5.74, 6) is 1.87. The van der Waals surface area contributed by atoms with Crippen LogP contribution in [0.4, 0.5) is 11.4 Å². The monoisotopic (exact) mass is 654 g/mol. The minimum atomic E-state index is -0.624. The first-order valence-corrected chi connectivity index (χ1v) is 16.7. The molecule has 4 aromatic carbocycles. The maximum atomic E-state index is 6.13. The molecule has 10 heteroatoms. The summed E-state index contributed by atoms with van der Waals surface area (Å²) in [5, 5.41) is 9.61. The second-order valence-corrected chi connectivity index (χ2v) is 13.8. The Morgan fingerprint density at radius 3 is 1.65 bits per heavy atom. The van der Waals surface area contributed by atoms with Crippen molar-refractivity contribution in [1.29, 1.82) is 0 Å². The molecule has 0 amide bonds. The van der Waals surface area contributed by atoms with Crippen LogP contribution in [-0.4, -0.2) is 28.2 Å². The molecule has 0 saturated carbocycles. The predicted molar refractivity (Wildman–Crippen MR) is 199 cm³/mol. The smallest absolute Gasteiger partial charge is 0.227 e. The Balaban J connectivity index is 1.02. The average molecular weight is 655 g/mol. The summed E-state index contributed by atoms with van der Waals surface area (Å²) < 4.78 is 12.2. The van der Waals surface area contributed by atoms with Crippen LogP contribution in [0.25, 0.3) is 45.1 Å². The van der Waals surface area contributed by atoms with Gasteiger partial charge in [0.2, 0.25) is 24.0 Å². The standard InChI is InChI=1S/C39H42N8O2/c1-7-38(3,4)25-13-19-31-29(21-25)43-33(48-31)23-9-15-27(16-10-23)41-36-45-35(40)46-37(47-36)42-28-17-11-24(12-18-28)34-44-30-22-26(39(5,6)8-2)14-20-32(30)49-34/h9-22,36,41H,7-8H2,1-6H3,(H4,40,42,45,46,47). The molecular weight excluding hydrogens is 612 g/mol. The van der Waals surface area contributed by atoms with Gasteiger partial charge in [0.15, 0.2) is 17.1 Å².